The molecule has 3 aromatic rings. The molecule has 0 radical (unpaired) electrons. The number of carbonyl (C=O) groups excluding carboxylic acids is 1. The van der Waals surface area contributed by atoms with Gasteiger partial charge in [-0.1, -0.05) is 31.2 Å². The number of halogens is 2. The van der Waals surface area contributed by atoms with Crippen molar-refractivity contribution in [2.24, 2.45) is 5.73 Å². The van der Waals surface area contributed by atoms with Crippen molar-refractivity contribution in [3.05, 3.63) is 70.8 Å². The Morgan fingerprint density at radius 3 is 2.47 bits per heavy atom. The Balaban J connectivity index is 2.08. The number of aryl methyl sites for hydroxylation is 1. The SMILES string of the molecule is CC[C@@H](Oc1nc(Oc2cc(C)cc(-c3cccc(CN)c3)c2)c(F)c(CC(=O)NC)c1F)C(=O)O. The van der Waals surface area contributed by atoms with Gasteiger partial charge >= 0.3 is 5.97 Å². The predicted molar refractivity (Wildman–Crippen MR) is 129 cm³/mol. The van der Waals surface area contributed by atoms with Crippen LogP contribution in [-0.4, -0.2) is 35.1 Å². The Morgan fingerprint density at radius 1 is 1.11 bits per heavy atom. The van der Waals surface area contributed by atoms with Gasteiger partial charge in [-0.2, -0.15) is 4.98 Å². The van der Waals surface area contributed by atoms with Crippen LogP contribution in [0.5, 0.6) is 17.5 Å². The largest absolute Gasteiger partial charge is 0.479 e. The summed E-state index contributed by atoms with van der Waals surface area (Å²) in [6, 6.07) is 12.7. The van der Waals surface area contributed by atoms with Gasteiger partial charge in [-0.05, 0) is 53.8 Å². The Hall–Kier alpha value is -4.05. The summed E-state index contributed by atoms with van der Waals surface area (Å²) in [6.07, 6.45) is -2.10. The standard InChI is InChI=1S/C26H27F2N3O5/c1-4-20(26(33)34)36-25-23(28)19(12-21(32)30-3)22(27)24(31-25)35-18-9-14(2)8-17(11-18)16-7-5-6-15(10-16)13-29/h5-11,20H,4,12-13,29H2,1-3H3,(H,30,32)(H,33,34)/t20-/m1/s1. The maximum Gasteiger partial charge on any atom is 0.344 e. The Labute approximate surface area is 207 Å². The van der Waals surface area contributed by atoms with Crippen molar-refractivity contribution in [2.45, 2.75) is 39.3 Å². The summed E-state index contributed by atoms with van der Waals surface area (Å²) < 4.78 is 41.3. The molecule has 1 atom stereocenters. The van der Waals surface area contributed by atoms with Crippen molar-refractivity contribution in [1.82, 2.24) is 10.3 Å². The normalized spacial score (nSPS) is 11.6. The van der Waals surface area contributed by atoms with Crippen molar-refractivity contribution in [1.29, 1.82) is 0 Å². The lowest BCUT2D eigenvalue weighted by Crippen LogP contribution is -2.27. The first-order valence-corrected chi connectivity index (χ1v) is 11.2. The van der Waals surface area contributed by atoms with Crippen LogP contribution in [0.2, 0.25) is 0 Å². The highest BCUT2D eigenvalue weighted by atomic mass is 19.1. The minimum Gasteiger partial charge on any atom is -0.479 e. The number of nitrogens with one attached hydrogen (secondary N) is 1. The van der Waals surface area contributed by atoms with Gasteiger partial charge in [-0.15, -0.1) is 0 Å². The van der Waals surface area contributed by atoms with E-state index in [1.807, 2.05) is 37.3 Å². The topological polar surface area (TPSA) is 124 Å². The highest BCUT2D eigenvalue weighted by Crippen LogP contribution is 2.34. The third-order valence-electron chi connectivity index (χ3n) is 5.39. The molecule has 3 rings (SSSR count). The fourth-order valence-electron chi connectivity index (χ4n) is 3.50. The number of likely N-dealkylation sites (N-methyl/N-ethyl adjacent to an activating group) is 1. The van der Waals surface area contributed by atoms with Crippen molar-refractivity contribution >= 4 is 11.9 Å². The average Bonchev–Trinajstić information content (AvgIpc) is 2.86. The highest BCUT2D eigenvalue weighted by molar-refractivity contribution is 5.78. The summed E-state index contributed by atoms with van der Waals surface area (Å²) in [4.78, 5) is 27.1. The first-order chi connectivity index (χ1) is 17.2. The Bertz CT molecular complexity index is 1280. The molecule has 1 heterocycles. The molecule has 0 aliphatic rings. The predicted octanol–water partition coefficient (Wildman–Crippen LogP) is 4.12. The minimum atomic E-state index is -1.43. The van der Waals surface area contributed by atoms with E-state index in [0.29, 0.717) is 6.54 Å². The van der Waals surface area contributed by atoms with Crippen LogP contribution < -0.4 is 20.5 Å². The molecule has 0 fully saturated rings. The number of hydrogen-bond acceptors (Lipinski definition) is 6. The molecule has 36 heavy (non-hydrogen) atoms. The molecule has 190 valence electrons. The zero-order chi connectivity index (χ0) is 26.4. The van der Waals surface area contributed by atoms with Crippen LogP contribution in [0.4, 0.5) is 8.78 Å². The summed E-state index contributed by atoms with van der Waals surface area (Å²) in [5.74, 6) is -5.71. The zero-order valence-corrected chi connectivity index (χ0v) is 20.1. The van der Waals surface area contributed by atoms with E-state index in [2.05, 4.69) is 10.3 Å². The fraction of sp³-hybridized carbons (Fsp3) is 0.269. The number of ether oxygens (including phenoxy) is 2. The van der Waals surface area contributed by atoms with Gasteiger partial charge in [0.1, 0.15) is 5.75 Å². The first-order valence-electron chi connectivity index (χ1n) is 11.2. The van der Waals surface area contributed by atoms with Crippen LogP contribution in [0, 0.1) is 18.6 Å². The van der Waals surface area contributed by atoms with E-state index < -0.39 is 53.4 Å². The number of nitrogens with two attached hydrogens (primary N) is 1. The number of carboxylic acid groups (broad SMARTS) is 1. The molecule has 1 amide bonds. The summed E-state index contributed by atoms with van der Waals surface area (Å²) >= 11 is 0. The molecule has 0 aliphatic heterocycles. The van der Waals surface area contributed by atoms with Gasteiger partial charge in [0.2, 0.25) is 5.91 Å². The molecule has 0 spiro atoms. The molecule has 10 heteroatoms. The Morgan fingerprint density at radius 2 is 1.83 bits per heavy atom. The summed E-state index contributed by atoms with van der Waals surface area (Å²) in [5.41, 5.74) is 8.43. The maximum absolute atomic E-state index is 15.3. The van der Waals surface area contributed by atoms with Gasteiger partial charge in [-0.25, -0.2) is 13.6 Å². The van der Waals surface area contributed by atoms with E-state index in [1.165, 1.54) is 14.0 Å². The minimum absolute atomic E-state index is 0.00208. The number of benzene rings is 2. The van der Waals surface area contributed by atoms with Crippen LogP contribution in [0.25, 0.3) is 11.1 Å². The van der Waals surface area contributed by atoms with Gasteiger partial charge in [0, 0.05) is 19.2 Å². The summed E-state index contributed by atoms with van der Waals surface area (Å²) in [7, 11) is 1.32. The highest BCUT2D eigenvalue weighted by Gasteiger charge is 2.28. The fourth-order valence-corrected chi connectivity index (χ4v) is 3.50. The number of amides is 1. The van der Waals surface area contributed by atoms with Gasteiger partial charge in [-0.3, -0.25) is 4.79 Å². The zero-order valence-electron chi connectivity index (χ0n) is 20.1. The van der Waals surface area contributed by atoms with Crippen LogP contribution >= 0.6 is 0 Å². The number of rotatable bonds is 10. The van der Waals surface area contributed by atoms with Crippen LogP contribution in [-0.2, 0) is 22.6 Å². The second-order valence-electron chi connectivity index (χ2n) is 8.07. The van der Waals surface area contributed by atoms with Crippen LogP contribution in [0.15, 0.2) is 42.5 Å². The van der Waals surface area contributed by atoms with Crippen molar-refractivity contribution < 1.29 is 33.0 Å². The molecule has 4 N–H and O–H groups in total. The number of aliphatic carboxylic acids is 1. The number of nitrogens with zero attached hydrogens (tertiary/aromatic N) is 1. The van der Waals surface area contributed by atoms with Gasteiger partial charge in [0.05, 0.1) is 6.42 Å². The molecule has 1 aromatic heterocycles. The lowest BCUT2D eigenvalue weighted by molar-refractivity contribution is -0.145. The first kappa shape index (κ1) is 26.6. The maximum atomic E-state index is 15.3. The summed E-state index contributed by atoms with van der Waals surface area (Å²) in [6.45, 7) is 3.71. The molecule has 0 saturated carbocycles. The van der Waals surface area contributed by atoms with E-state index in [0.717, 1.165) is 22.3 Å². The number of carbonyl (C=O) groups is 2. The van der Waals surface area contributed by atoms with E-state index >= 15 is 8.78 Å². The van der Waals surface area contributed by atoms with Crippen molar-refractivity contribution in [3.8, 4) is 28.6 Å². The molecular formula is C26H27F2N3O5. The molecule has 0 aliphatic carbocycles. The molecule has 8 nitrogen and oxygen atoms in total. The lowest BCUT2D eigenvalue weighted by Gasteiger charge is -2.17. The number of aromatic nitrogens is 1. The molecule has 0 bridgehead atoms. The lowest BCUT2D eigenvalue weighted by atomic mass is 10.0. The van der Waals surface area contributed by atoms with E-state index in [9.17, 15) is 14.7 Å². The monoisotopic (exact) mass is 499 g/mol. The quantitative estimate of drug-likeness (QED) is 0.383. The van der Waals surface area contributed by atoms with Gasteiger partial charge < -0.3 is 25.6 Å². The average molecular weight is 500 g/mol. The number of hydrogen-bond donors (Lipinski definition) is 3. The van der Waals surface area contributed by atoms with E-state index in [4.69, 9.17) is 15.2 Å². The smallest absolute Gasteiger partial charge is 0.344 e. The molecule has 0 saturated heterocycles. The van der Waals surface area contributed by atoms with Crippen molar-refractivity contribution in [3.63, 3.8) is 0 Å². The van der Waals surface area contributed by atoms with Crippen molar-refractivity contribution in [2.75, 3.05) is 7.05 Å². The second-order valence-corrected chi connectivity index (χ2v) is 8.07. The van der Waals surface area contributed by atoms with Crippen LogP contribution in [0.1, 0.15) is 30.0 Å². The number of pyridine rings is 1. The van der Waals surface area contributed by atoms with Crippen LogP contribution in [0.3, 0.4) is 0 Å². The third kappa shape index (κ3) is 6.14. The molecule has 0 unspecified atom stereocenters. The number of carboxylic acids is 1. The summed E-state index contributed by atoms with van der Waals surface area (Å²) in [5, 5.41) is 11.6. The second kappa shape index (κ2) is 11.6. The van der Waals surface area contributed by atoms with Gasteiger partial charge in [0.25, 0.3) is 11.8 Å². The van der Waals surface area contributed by atoms with Gasteiger partial charge in [0.15, 0.2) is 17.7 Å². The van der Waals surface area contributed by atoms with E-state index in [-0.39, 0.29) is 12.2 Å². The Kier molecular flexibility index (Phi) is 8.55. The van der Waals surface area contributed by atoms with E-state index in [1.54, 1.807) is 12.1 Å². The molecule has 2 aromatic carbocycles. The molecular weight excluding hydrogens is 472 g/mol. The third-order valence-corrected chi connectivity index (χ3v) is 5.39.